The third kappa shape index (κ3) is 3.41. The van der Waals surface area contributed by atoms with E-state index < -0.39 is 0 Å². The Labute approximate surface area is 126 Å². The lowest BCUT2D eigenvalue weighted by Crippen LogP contribution is -2.31. The number of rotatable bonds is 3. The lowest BCUT2D eigenvalue weighted by Gasteiger charge is -2.26. The molecule has 1 aromatic carbocycles. The molecule has 3 rings (SSSR count). The van der Waals surface area contributed by atoms with E-state index in [9.17, 15) is 4.39 Å². The standard InChI is InChI=1S/C14H16FN5S/c15-10-6-2-3-7-11(10)21-14-18-12(16)17-13(19-14)20-8-4-1-5-9-20/h2-3,6-7H,1,4-5,8-9H2,(H2,16,17,18,19). The number of aromatic nitrogens is 3. The van der Waals surface area contributed by atoms with Gasteiger partial charge in [-0.05, 0) is 43.2 Å². The molecule has 0 bridgehead atoms. The fourth-order valence-corrected chi connectivity index (χ4v) is 3.04. The molecule has 0 atom stereocenters. The fourth-order valence-electron chi connectivity index (χ4n) is 2.27. The van der Waals surface area contributed by atoms with Crippen molar-refractivity contribution in [2.75, 3.05) is 23.7 Å². The molecule has 0 radical (unpaired) electrons. The van der Waals surface area contributed by atoms with Gasteiger partial charge in [0.2, 0.25) is 11.9 Å². The molecule has 0 aliphatic carbocycles. The summed E-state index contributed by atoms with van der Waals surface area (Å²) in [5, 5.41) is 0.424. The molecule has 1 saturated heterocycles. The SMILES string of the molecule is Nc1nc(Sc2ccccc2F)nc(N2CCCCC2)n1. The van der Waals surface area contributed by atoms with Gasteiger partial charge < -0.3 is 10.6 Å². The van der Waals surface area contributed by atoms with Gasteiger partial charge in [-0.3, -0.25) is 0 Å². The van der Waals surface area contributed by atoms with Crippen LogP contribution in [0, 0.1) is 5.82 Å². The minimum absolute atomic E-state index is 0.171. The van der Waals surface area contributed by atoms with Crippen molar-refractivity contribution >= 4 is 23.7 Å². The quantitative estimate of drug-likeness (QED) is 0.940. The number of hydrogen-bond donors (Lipinski definition) is 1. The Bertz CT molecular complexity index is 631. The van der Waals surface area contributed by atoms with Crippen LogP contribution in [0.4, 0.5) is 16.3 Å². The van der Waals surface area contributed by atoms with E-state index in [-0.39, 0.29) is 11.8 Å². The monoisotopic (exact) mass is 305 g/mol. The van der Waals surface area contributed by atoms with Gasteiger partial charge in [-0.15, -0.1) is 0 Å². The molecule has 1 aliphatic heterocycles. The van der Waals surface area contributed by atoms with Crippen molar-refractivity contribution in [3.63, 3.8) is 0 Å². The normalized spacial score (nSPS) is 15.2. The zero-order valence-corrected chi connectivity index (χ0v) is 12.3. The van der Waals surface area contributed by atoms with Crippen molar-refractivity contribution < 1.29 is 4.39 Å². The predicted molar refractivity (Wildman–Crippen MR) is 80.8 cm³/mol. The molecule has 2 N–H and O–H groups in total. The molecular formula is C14H16FN5S. The highest BCUT2D eigenvalue weighted by Crippen LogP contribution is 2.28. The average Bonchev–Trinajstić information content (AvgIpc) is 2.50. The van der Waals surface area contributed by atoms with Crippen LogP contribution in [0.1, 0.15) is 19.3 Å². The first kappa shape index (κ1) is 14.1. The third-order valence-corrected chi connectivity index (χ3v) is 4.21. The zero-order chi connectivity index (χ0) is 14.7. The van der Waals surface area contributed by atoms with Crippen molar-refractivity contribution in [2.45, 2.75) is 29.3 Å². The fraction of sp³-hybridized carbons (Fsp3) is 0.357. The Hall–Kier alpha value is -1.89. The molecule has 21 heavy (non-hydrogen) atoms. The lowest BCUT2D eigenvalue weighted by molar-refractivity contribution is 0.565. The van der Waals surface area contributed by atoms with Crippen LogP contribution in [0.3, 0.4) is 0 Å². The van der Waals surface area contributed by atoms with Crippen molar-refractivity contribution in [2.24, 2.45) is 0 Å². The van der Waals surface area contributed by atoms with Gasteiger partial charge >= 0.3 is 0 Å². The topological polar surface area (TPSA) is 67.9 Å². The maximum absolute atomic E-state index is 13.7. The number of nitrogens with two attached hydrogens (primary N) is 1. The molecule has 0 unspecified atom stereocenters. The van der Waals surface area contributed by atoms with E-state index in [4.69, 9.17) is 5.73 Å². The number of piperidine rings is 1. The number of anilines is 2. The minimum Gasteiger partial charge on any atom is -0.368 e. The summed E-state index contributed by atoms with van der Waals surface area (Å²) in [7, 11) is 0. The van der Waals surface area contributed by atoms with Gasteiger partial charge in [-0.25, -0.2) is 4.39 Å². The second kappa shape index (κ2) is 6.26. The lowest BCUT2D eigenvalue weighted by atomic mass is 10.1. The summed E-state index contributed by atoms with van der Waals surface area (Å²) >= 11 is 1.16. The second-order valence-corrected chi connectivity index (χ2v) is 5.87. The molecule has 2 aromatic rings. The van der Waals surface area contributed by atoms with Crippen LogP contribution in [0.5, 0.6) is 0 Å². The molecule has 0 amide bonds. The molecule has 1 aromatic heterocycles. The van der Waals surface area contributed by atoms with Crippen LogP contribution in [0.25, 0.3) is 0 Å². The summed E-state index contributed by atoms with van der Waals surface area (Å²) in [6.07, 6.45) is 3.48. The Balaban J connectivity index is 1.85. The van der Waals surface area contributed by atoms with Crippen molar-refractivity contribution in [1.82, 2.24) is 15.0 Å². The zero-order valence-electron chi connectivity index (χ0n) is 11.5. The van der Waals surface area contributed by atoms with Gasteiger partial charge in [0.25, 0.3) is 0 Å². The summed E-state index contributed by atoms with van der Waals surface area (Å²) in [6.45, 7) is 1.85. The summed E-state index contributed by atoms with van der Waals surface area (Å²) in [4.78, 5) is 15.3. The summed E-state index contributed by atoms with van der Waals surface area (Å²) in [6, 6.07) is 6.54. The first-order chi connectivity index (χ1) is 10.2. The Morgan fingerprint density at radius 2 is 1.81 bits per heavy atom. The van der Waals surface area contributed by atoms with Crippen LogP contribution in [0.15, 0.2) is 34.3 Å². The minimum atomic E-state index is -0.291. The summed E-state index contributed by atoms with van der Waals surface area (Å²) in [5.41, 5.74) is 5.76. The van der Waals surface area contributed by atoms with Gasteiger partial charge in [0.1, 0.15) is 5.82 Å². The van der Waals surface area contributed by atoms with Crippen molar-refractivity contribution in [1.29, 1.82) is 0 Å². The number of hydrogen-bond acceptors (Lipinski definition) is 6. The van der Waals surface area contributed by atoms with E-state index >= 15 is 0 Å². The van der Waals surface area contributed by atoms with Crippen molar-refractivity contribution in [3.8, 4) is 0 Å². The second-order valence-electron chi connectivity index (χ2n) is 4.86. The molecule has 2 heterocycles. The maximum atomic E-state index is 13.7. The van der Waals surface area contributed by atoms with Crippen LogP contribution < -0.4 is 10.6 Å². The number of nitrogens with zero attached hydrogens (tertiary/aromatic N) is 4. The highest BCUT2D eigenvalue weighted by Gasteiger charge is 2.16. The summed E-state index contributed by atoms with van der Waals surface area (Å²) < 4.78 is 13.7. The first-order valence-corrected chi connectivity index (χ1v) is 7.73. The first-order valence-electron chi connectivity index (χ1n) is 6.91. The van der Waals surface area contributed by atoms with Crippen LogP contribution in [-0.2, 0) is 0 Å². The van der Waals surface area contributed by atoms with E-state index in [1.165, 1.54) is 12.5 Å². The van der Waals surface area contributed by atoms with E-state index in [2.05, 4.69) is 19.9 Å². The molecule has 1 fully saturated rings. The molecular weight excluding hydrogens is 289 g/mol. The third-order valence-electron chi connectivity index (χ3n) is 3.30. The van der Waals surface area contributed by atoms with Crippen LogP contribution >= 0.6 is 11.8 Å². The molecule has 7 heteroatoms. The van der Waals surface area contributed by atoms with Crippen LogP contribution in [0.2, 0.25) is 0 Å². The number of benzene rings is 1. The smallest absolute Gasteiger partial charge is 0.231 e. The highest BCUT2D eigenvalue weighted by molar-refractivity contribution is 7.99. The Morgan fingerprint density at radius 3 is 2.57 bits per heavy atom. The largest absolute Gasteiger partial charge is 0.368 e. The van der Waals surface area contributed by atoms with E-state index in [1.807, 2.05) is 0 Å². The number of nitrogen functional groups attached to an aromatic ring is 1. The predicted octanol–water partition coefficient (Wildman–Crippen LogP) is 2.73. The molecule has 5 nitrogen and oxygen atoms in total. The van der Waals surface area contributed by atoms with Gasteiger partial charge in [0.15, 0.2) is 5.16 Å². The van der Waals surface area contributed by atoms with Gasteiger partial charge in [0.05, 0.1) is 4.90 Å². The average molecular weight is 305 g/mol. The Kier molecular flexibility index (Phi) is 4.19. The van der Waals surface area contributed by atoms with Crippen LogP contribution in [-0.4, -0.2) is 28.0 Å². The Morgan fingerprint density at radius 1 is 1.05 bits per heavy atom. The number of halogens is 1. The van der Waals surface area contributed by atoms with Gasteiger partial charge in [-0.1, -0.05) is 12.1 Å². The molecule has 1 aliphatic rings. The van der Waals surface area contributed by atoms with Gasteiger partial charge in [-0.2, -0.15) is 15.0 Å². The summed E-state index contributed by atoms with van der Waals surface area (Å²) in [5.74, 6) is 0.464. The van der Waals surface area contributed by atoms with E-state index in [1.54, 1.807) is 18.2 Å². The van der Waals surface area contributed by atoms with Crippen molar-refractivity contribution in [3.05, 3.63) is 30.1 Å². The van der Waals surface area contributed by atoms with Gasteiger partial charge in [0, 0.05) is 13.1 Å². The molecule has 110 valence electrons. The van der Waals surface area contributed by atoms with E-state index in [0.717, 1.165) is 37.7 Å². The highest BCUT2D eigenvalue weighted by atomic mass is 32.2. The van der Waals surface area contributed by atoms with E-state index in [0.29, 0.717) is 16.0 Å². The maximum Gasteiger partial charge on any atom is 0.231 e. The molecule has 0 spiro atoms. The molecule has 0 saturated carbocycles.